The first-order chi connectivity index (χ1) is 10.2. The van der Waals surface area contributed by atoms with E-state index >= 15 is 0 Å². The molecule has 0 unspecified atom stereocenters. The molecule has 0 bridgehead atoms. The smallest absolute Gasteiger partial charge is 0.350 e. The van der Waals surface area contributed by atoms with Gasteiger partial charge in [-0.2, -0.15) is 5.26 Å². The third kappa shape index (κ3) is 1.85. The number of nitrogens with zero attached hydrogens (tertiary/aromatic N) is 1. The molecule has 0 radical (unpaired) electrons. The van der Waals surface area contributed by atoms with Crippen LogP contribution in [0.5, 0.6) is 0 Å². The Morgan fingerprint density at radius 3 is 1.81 bits per heavy atom. The van der Waals surface area contributed by atoms with Gasteiger partial charge in [-0.05, 0) is 6.92 Å². The van der Waals surface area contributed by atoms with Crippen molar-refractivity contribution in [1.29, 1.82) is 5.26 Å². The summed E-state index contributed by atoms with van der Waals surface area (Å²) in [6, 6.07) is 21.0. The van der Waals surface area contributed by atoms with Crippen LogP contribution in [0.2, 0.25) is 0 Å². The van der Waals surface area contributed by atoms with E-state index in [4.69, 9.17) is 4.74 Å². The maximum absolute atomic E-state index is 12.1. The van der Waals surface area contributed by atoms with E-state index in [1.54, 1.807) is 6.92 Å². The fraction of sp³-hybridized carbons (Fsp3) is 0.111. The number of carbonyl (C=O) groups excluding carboxylic acids is 1. The highest BCUT2D eigenvalue weighted by atomic mass is 16.6. The van der Waals surface area contributed by atoms with Gasteiger partial charge in [0.1, 0.15) is 11.6 Å². The molecule has 0 amide bonds. The summed E-state index contributed by atoms with van der Waals surface area (Å²) in [6.07, 6.45) is 0. The molecule has 3 nitrogen and oxygen atoms in total. The zero-order valence-corrected chi connectivity index (χ0v) is 11.5. The van der Waals surface area contributed by atoms with Crippen molar-refractivity contribution in [3.63, 3.8) is 0 Å². The maximum Gasteiger partial charge on any atom is 0.350 e. The highest BCUT2D eigenvalue weighted by Gasteiger charge is 2.48. The van der Waals surface area contributed by atoms with Crippen molar-refractivity contribution in [2.75, 3.05) is 0 Å². The molecule has 0 saturated heterocycles. The minimum absolute atomic E-state index is 0.0858. The first-order valence-electron chi connectivity index (χ1n) is 6.66. The lowest BCUT2D eigenvalue weighted by Crippen LogP contribution is -2.30. The molecule has 102 valence electrons. The van der Waals surface area contributed by atoms with Crippen LogP contribution < -0.4 is 0 Å². The maximum atomic E-state index is 12.1. The van der Waals surface area contributed by atoms with Gasteiger partial charge in [0.25, 0.3) is 0 Å². The molecule has 2 aromatic carbocycles. The molecule has 0 saturated carbocycles. The first-order valence-corrected chi connectivity index (χ1v) is 6.66. The molecule has 0 aromatic heterocycles. The van der Waals surface area contributed by atoms with Crippen molar-refractivity contribution in [3.05, 3.63) is 82.9 Å². The Labute approximate surface area is 123 Å². The number of cyclic esters (lactones) is 1. The van der Waals surface area contributed by atoms with Crippen LogP contribution in [-0.4, -0.2) is 5.97 Å². The van der Waals surface area contributed by atoms with Gasteiger partial charge in [-0.3, -0.25) is 0 Å². The molecule has 0 spiro atoms. The van der Waals surface area contributed by atoms with Crippen LogP contribution in [0, 0.1) is 11.3 Å². The van der Waals surface area contributed by atoms with Crippen LogP contribution in [0.4, 0.5) is 0 Å². The standard InChI is InChI=1S/C18H13NO2/c1-13-16(12-19)17(20)21-18(13,14-8-4-2-5-9-14)15-10-6-3-7-11-15/h2-11H,1H3. The topological polar surface area (TPSA) is 50.1 Å². The van der Waals surface area contributed by atoms with E-state index in [0.29, 0.717) is 5.57 Å². The van der Waals surface area contributed by atoms with Gasteiger partial charge in [0.2, 0.25) is 0 Å². The molecule has 1 aliphatic heterocycles. The van der Waals surface area contributed by atoms with Crippen molar-refractivity contribution < 1.29 is 9.53 Å². The number of hydrogen-bond donors (Lipinski definition) is 0. The summed E-state index contributed by atoms with van der Waals surface area (Å²) in [4.78, 5) is 12.1. The summed E-state index contributed by atoms with van der Waals surface area (Å²) in [5.41, 5.74) is 1.39. The normalized spacial score (nSPS) is 16.5. The van der Waals surface area contributed by atoms with Gasteiger partial charge < -0.3 is 4.74 Å². The van der Waals surface area contributed by atoms with E-state index < -0.39 is 11.6 Å². The van der Waals surface area contributed by atoms with Gasteiger partial charge >= 0.3 is 5.97 Å². The molecule has 1 heterocycles. The average molecular weight is 275 g/mol. The summed E-state index contributed by atoms with van der Waals surface area (Å²) in [6.45, 7) is 1.78. The Balaban J connectivity index is 2.32. The second-order valence-corrected chi connectivity index (χ2v) is 4.91. The van der Waals surface area contributed by atoms with Crippen molar-refractivity contribution in [2.45, 2.75) is 12.5 Å². The molecule has 0 aliphatic carbocycles. The third-order valence-corrected chi connectivity index (χ3v) is 3.83. The highest BCUT2D eigenvalue weighted by molar-refractivity contribution is 5.97. The fourth-order valence-electron chi connectivity index (χ4n) is 2.79. The van der Waals surface area contributed by atoms with Crippen LogP contribution in [0.3, 0.4) is 0 Å². The molecule has 0 atom stereocenters. The van der Waals surface area contributed by atoms with E-state index in [0.717, 1.165) is 11.1 Å². The van der Waals surface area contributed by atoms with Gasteiger partial charge in [0.05, 0.1) is 0 Å². The van der Waals surface area contributed by atoms with Gasteiger partial charge in [0, 0.05) is 16.7 Å². The van der Waals surface area contributed by atoms with Crippen molar-refractivity contribution in [1.82, 2.24) is 0 Å². The van der Waals surface area contributed by atoms with Crippen molar-refractivity contribution in [2.24, 2.45) is 0 Å². The van der Waals surface area contributed by atoms with E-state index in [1.807, 2.05) is 66.7 Å². The van der Waals surface area contributed by atoms with E-state index in [2.05, 4.69) is 0 Å². The van der Waals surface area contributed by atoms with E-state index in [-0.39, 0.29) is 5.57 Å². The number of hydrogen-bond acceptors (Lipinski definition) is 3. The summed E-state index contributed by atoms with van der Waals surface area (Å²) >= 11 is 0. The zero-order chi connectivity index (χ0) is 14.9. The lowest BCUT2D eigenvalue weighted by molar-refractivity contribution is -0.144. The minimum atomic E-state index is -1.01. The Morgan fingerprint density at radius 2 is 1.43 bits per heavy atom. The monoisotopic (exact) mass is 275 g/mol. The molecule has 1 aliphatic rings. The number of benzene rings is 2. The van der Waals surface area contributed by atoms with Crippen LogP contribution in [0.25, 0.3) is 0 Å². The molecule has 0 fully saturated rings. The lowest BCUT2D eigenvalue weighted by atomic mass is 9.80. The number of rotatable bonds is 2. The van der Waals surface area contributed by atoms with Gasteiger partial charge in [-0.25, -0.2) is 4.79 Å². The predicted molar refractivity (Wildman–Crippen MR) is 78.1 cm³/mol. The molecule has 21 heavy (non-hydrogen) atoms. The lowest BCUT2D eigenvalue weighted by Gasteiger charge is -2.30. The summed E-state index contributed by atoms with van der Waals surface area (Å²) in [5, 5.41) is 9.22. The first kappa shape index (κ1) is 13.1. The van der Waals surface area contributed by atoms with Gasteiger partial charge in [0.15, 0.2) is 5.60 Å². The van der Waals surface area contributed by atoms with Crippen LogP contribution in [0.15, 0.2) is 71.8 Å². The number of carbonyl (C=O) groups is 1. The van der Waals surface area contributed by atoms with E-state index in [9.17, 15) is 10.1 Å². The second-order valence-electron chi connectivity index (χ2n) is 4.91. The predicted octanol–water partition coefficient (Wildman–Crippen LogP) is 3.33. The fourth-order valence-corrected chi connectivity index (χ4v) is 2.79. The molecule has 0 N–H and O–H groups in total. The Morgan fingerprint density at radius 1 is 0.952 bits per heavy atom. The Bertz CT molecular complexity index is 715. The summed E-state index contributed by atoms with van der Waals surface area (Å²) in [7, 11) is 0. The molecular weight excluding hydrogens is 262 g/mol. The van der Waals surface area contributed by atoms with Crippen molar-refractivity contribution >= 4 is 5.97 Å². The number of esters is 1. The third-order valence-electron chi connectivity index (χ3n) is 3.83. The SMILES string of the molecule is CC1=C(C#N)C(=O)OC1(c1ccccc1)c1ccccc1. The summed E-state index contributed by atoms with van der Waals surface area (Å²) in [5.74, 6) is -0.567. The molecule has 3 heteroatoms. The van der Waals surface area contributed by atoms with Gasteiger partial charge in [-0.15, -0.1) is 0 Å². The number of ether oxygens (including phenoxy) is 1. The van der Waals surface area contributed by atoms with Gasteiger partial charge in [-0.1, -0.05) is 60.7 Å². The molecule has 3 rings (SSSR count). The number of nitriles is 1. The molecular formula is C18H13NO2. The Hall–Kier alpha value is -2.86. The minimum Gasteiger partial charge on any atom is -0.440 e. The zero-order valence-electron chi connectivity index (χ0n) is 11.5. The molecule has 2 aromatic rings. The second kappa shape index (κ2) is 4.92. The Kier molecular flexibility index (Phi) is 3.08. The quantitative estimate of drug-likeness (QED) is 0.790. The highest BCUT2D eigenvalue weighted by Crippen LogP contribution is 2.46. The van der Waals surface area contributed by atoms with Crippen LogP contribution >= 0.6 is 0 Å². The van der Waals surface area contributed by atoms with Crippen molar-refractivity contribution in [3.8, 4) is 6.07 Å². The average Bonchev–Trinajstić information content (AvgIpc) is 2.80. The summed E-state index contributed by atoms with van der Waals surface area (Å²) < 4.78 is 5.70. The largest absolute Gasteiger partial charge is 0.440 e. The van der Waals surface area contributed by atoms with E-state index in [1.165, 1.54) is 0 Å². The van der Waals surface area contributed by atoms with Crippen LogP contribution in [-0.2, 0) is 15.1 Å². The van der Waals surface area contributed by atoms with Crippen LogP contribution in [0.1, 0.15) is 18.1 Å².